The Morgan fingerprint density at radius 3 is 2.12 bits per heavy atom. The van der Waals surface area contributed by atoms with Crippen LogP contribution in [0.1, 0.15) is 13.3 Å². The van der Waals surface area contributed by atoms with Crippen molar-refractivity contribution in [3.63, 3.8) is 0 Å². The third-order valence-electron chi connectivity index (χ3n) is 3.03. The molecule has 0 spiro atoms. The number of hydrogen-bond donors (Lipinski definition) is 0. The van der Waals surface area contributed by atoms with E-state index in [9.17, 15) is 4.79 Å². The molecule has 17 heavy (non-hydrogen) atoms. The molecule has 2 aliphatic carbocycles. The third kappa shape index (κ3) is 1.52. The second-order valence-corrected chi connectivity index (χ2v) is 7.34. The summed E-state index contributed by atoms with van der Waals surface area (Å²) in [6.07, 6.45) is -0.705. The quantitative estimate of drug-likeness (QED) is 0.520. The zero-order chi connectivity index (χ0) is 13.2. The first kappa shape index (κ1) is 14.4. The number of halogens is 6. The van der Waals surface area contributed by atoms with E-state index < -0.39 is 26.2 Å². The highest BCUT2D eigenvalue weighted by Crippen LogP contribution is 2.72. The highest BCUT2D eigenvalue weighted by atomic mass is 35.5. The Kier molecular flexibility index (Phi) is 3.36. The number of allylic oxidation sites excluding steroid dienone is 1. The first-order valence-corrected chi connectivity index (χ1v) is 6.85. The average molecular weight is 359 g/mol. The van der Waals surface area contributed by atoms with E-state index in [0.717, 1.165) is 0 Å². The fourth-order valence-corrected chi connectivity index (χ4v) is 4.85. The van der Waals surface area contributed by atoms with Gasteiger partial charge in [0.15, 0.2) is 9.21 Å². The molecule has 0 aromatic carbocycles. The van der Waals surface area contributed by atoms with Gasteiger partial charge in [-0.15, -0.1) is 23.2 Å². The summed E-state index contributed by atoms with van der Waals surface area (Å²) in [6.45, 7) is 1.25. The second kappa shape index (κ2) is 3.97. The lowest BCUT2D eigenvalue weighted by atomic mass is 10.0. The summed E-state index contributed by atoms with van der Waals surface area (Å²) in [5, 5.41) is 0.127. The van der Waals surface area contributed by atoms with Crippen LogP contribution in [-0.4, -0.2) is 26.2 Å². The van der Waals surface area contributed by atoms with Crippen LogP contribution in [0.15, 0.2) is 10.1 Å². The zero-order valence-corrected chi connectivity index (χ0v) is 12.9. The Balaban J connectivity index is 2.54. The lowest BCUT2D eigenvalue weighted by molar-refractivity contribution is -0.146. The van der Waals surface area contributed by atoms with Gasteiger partial charge >= 0.3 is 5.97 Å². The minimum Gasteiger partial charge on any atom is -0.460 e. The second-order valence-electron chi connectivity index (χ2n) is 4.02. The topological polar surface area (TPSA) is 26.3 Å². The summed E-state index contributed by atoms with van der Waals surface area (Å²) >= 11 is 37.0. The number of alkyl halides is 4. The molecule has 1 saturated carbocycles. The predicted molar refractivity (Wildman–Crippen MR) is 70.5 cm³/mol. The molecular weight excluding hydrogens is 353 g/mol. The Morgan fingerprint density at radius 2 is 1.76 bits per heavy atom. The van der Waals surface area contributed by atoms with Crippen molar-refractivity contribution in [2.45, 2.75) is 33.5 Å². The van der Waals surface area contributed by atoms with Crippen LogP contribution >= 0.6 is 69.6 Å². The Morgan fingerprint density at radius 1 is 1.24 bits per heavy atom. The summed E-state index contributed by atoms with van der Waals surface area (Å²) in [7, 11) is 0. The standard InChI is InChI=1S/C9H6Cl6O2/c1-3(16)17-4-2-7(12)5(10)6(11)8(4,13)9(7,14)15/h4H,2H2,1H3/t4-,7-,8-/m0/s1. The van der Waals surface area contributed by atoms with Gasteiger partial charge in [-0.05, 0) is 0 Å². The molecule has 0 amide bonds. The predicted octanol–water partition coefficient (Wildman–Crippen LogP) is 4.15. The number of esters is 1. The van der Waals surface area contributed by atoms with E-state index in [4.69, 9.17) is 74.3 Å². The van der Waals surface area contributed by atoms with Gasteiger partial charge in [-0.25, -0.2) is 0 Å². The maximum Gasteiger partial charge on any atom is 0.302 e. The monoisotopic (exact) mass is 356 g/mol. The maximum absolute atomic E-state index is 11.0. The van der Waals surface area contributed by atoms with Crippen LogP contribution < -0.4 is 0 Å². The SMILES string of the molecule is CC(=O)O[C@H]1C[C@]2(Cl)C(Cl)=C(Cl)[C@]1(Cl)C2(Cl)Cl. The van der Waals surface area contributed by atoms with Crippen LogP contribution in [-0.2, 0) is 9.53 Å². The number of ether oxygens (including phenoxy) is 1. The summed E-state index contributed by atoms with van der Waals surface area (Å²) < 4.78 is 3.42. The molecule has 8 heteroatoms. The van der Waals surface area contributed by atoms with Gasteiger partial charge in [-0.3, -0.25) is 4.79 Å². The van der Waals surface area contributed by atoms with E-state index in [1.54, 1.807) is 0 Å². The van der Waals surface area contributed by atoms with Crippen LogP contribution in [0.4, 0.5) is 0 Å². The van der Waals surface area contributed by atoms with Gasteiger partial charge in [-0.1, -0.05) is 46.4 Å². The number of carbonyl (C=O) groups is 1. The van der Waals surface area contributed by atoms with Crippen molar-refractivity contribution in [2.75, 3.05) is 0 Å². The van der Waals surface area contributed by atoms with Gasteiger partial charge in [0.25, 0.3) is 0 Å². The largest absolute Gasteiger partial charge is 0.460 e. The molecule has 0 aliphatic heterocycles. The number of fused-ring (bicyclic) bond motifs is 2. The molecule has 96 valence electrons. The van der Waals surface area contributed by atoms with E-state index in [0.29, 0.717) is 0 Å². The third-order valence-corrected chi connectivity index (χ3v) is 7.29. The van der Waals surface area contributed by atoms with E-state index >= 15 is 0 Å². The Labute approximate surface area is 128 Å². The number of hydrogen-bond acceptors (Lipinski definition) is 2. The summed E-state index contributed by atoms with van der Waals surface area (Å²) in [5.74, 6) is -0.521. The summed E-state index contributed by atoms with van der Waals surface area (Å²) in [4.78, 5) is 8.17. The van der Waals surface area contributed by atoms with Gasteiger partial charge < -0.3 is 4.74 Å². The maximum atomic E-state index is 11.0. The van der Waals surface area contributed by atoms with Gasteiger partial charge in [0.2, 0.25) is 0 Å². The van der Waals surface area contributed by atoms with Crippen LogP contribution in [0.2, 0.25) is 0 Å². The highest BCUT2D eigenvalue weighted by molar-refractivity contribution is 6.65. The van der Waals surface area contributed by atoms with Crippen molar-refractivity contribution in [3.8, 4) is 0 Å². The molecule has 2 bridgehead atoms. The van der Waals surface area contributed by atoms with Gasteiger partial charge in [0, 0.05) is 13.3 Å². The van der Waals surface area contributed by atoms with Crippen LogP contribution in [0, 0.1) is 0 Å². The molecule has 2 rings (SSSR count). The van der Waals surface area contributed by atoms with Gasteiger partial charge in [-0.2, -0.15) is 0 Å². The molecule has 0 N–H and O–H groups in total. The van der Waals surface area contributed by atoms with E-state index in [1.807, 2.05) is 0 Å². The van der Waals surface area contributed by atoms with E-state index in [1.165, 1.54) is 6.92 Å². The van der Waals surface area contributed by atoms with Crippen molar-refractivity contribution >= 4 is 75.6 Å². The van der Waals surface area contributed by atoms with E-state index in [-0.39, 0.29) is 16.5 Å². The molecule has 0 aromatic heterocycles. The number of rotatable bonds is 1. The molecule has 1 fully saturated rings. The minimum atomic E-state index is -1.64. The Bertz CT molecular complexity index is 433. The first-order valence-electron chi connectivity index (χ1n) is 4.58. The van der Waals surface area contributed by atoms with Crippen molar-refractivity contribution in [3.05, 3.63) is 10.1 Å². The van der Waals surface area contributed by atoms with Crippen molar-refractivity contribution < 1.29 is 9.53 Å². The fourth-order valence-electron chi connectivity index (χ4n) is 2.18. The molecular formula is C9H6Cl6O2. The highest BCUT2D eigenvalue weighted by Gasteiger charge is 2.79. The fraction of sp³-hybridized carbons (Fsp3) is 0.667. The van der Waals surface area contributed by atoms with Crippen LogP contribution in [0.25, 0.3) is 0 Å². The molecule has 3 atom stereocenters. The molecule has 0 aromatic rings. The van der Waals surface area contributed by atoms with Crippen molar-refractivity contribution in [1.82, 2.24) is 0 Å². The van der Waals surface area contributed by atoms with Crippen LogP contribution in [0.5, 0.6) is 0 Å². The average Bonchev–Trinajstić information content (AvgIpc) is 2.40. The molecule has 0 saturated heterocycles. The molecule has 2 aliphatic rings. The van der Waals surface area contributed by atoms with Gasteiger partial charge in [0.05, 0.1) is 10.1 Å². The number of carbonyl (C=O) groups excluding carboxylic acids is 1. The molecule has 0 unspecified atom stereocenters. The normalized spacial score (nSPS) is 43.1. The van der Waals surface area contributed by atoms with Crippen LogP contribution in [0.3, 0.4) is 0 Å². The van der Waals surface area contributed by atoms with Gasteiger partial charge in [0.1, 0.15) is 11.0 Å². The molecule has 0 radical (unpaired) electrons. The van der Waals surface area contributed by atoms with Crippen molar-refractivity contribution in [1.29, 1.82) is 0 Å². The van der Waals surface area contributed by atoms with E-state index in [2.05, 4.69) is 0 Å². The minimum absolute atomic E-state index is 0.0262. The van der Waals surface area contributed by atoms with Crippen molar-refractivity contribution in [2.24, 2.45) is 0 Å². The zero-order valence-electron chi connectivity index (χ0n) is 8.37. The lowest BCUT2D eigenvalue weighted by Gasteiger charge is -2.32. The smallest absolute Gasteiger partial charge is 0.302 e. The molecule has 0 heterocycles. The lowest BCUT2D eigenvalue weighted by Crippen LogP contribution is -2.46. The summed E-state index contributed by atoms with van der Waals surface area (Å²) in [5.41, 5.74) is 0. The summed E-state index contributed by atoms with van der Waals surface area (Å²) in [6, 6.07) is 0. The molecule has 2 nitrogen and oxygen atoms in total. The first-order chi connectivity index (χ1) is 7.59. The Hall–Kier alpha value is 0.950.